The van der Waals surface area contributed by atoms with Crippen LogP contribution in [0.4, 0.5) is 4.39 Å². The molecule has 1 aliphatic heterocycles. The number of likely N-dealkylation sites (tertiary alicyclic amines) is 1. The van der Waals surface area contributed by atoms with Gasteiger partial charge < -0.3 is 15.3 Å². The molecule has 1 fully saturated rings. The molecule has 7 heteroatoms. The first-order valence-corrected chi connectivity index (χ1v) is 7.87. The van der Waals surface area contributed by atoms with E-state index in [2.05, 4.69) is 5.32 Å². The molecule has 2 amide bonds. The molecule has 24 heavy (non-hydrogen) atoms. The SMILES string of the molecule is CC(=O)NC1(c2ccccc2F)CCN(C(=O)CCC(=O)O)CC1. The third-order valence-corrected chi connectivity index (χ3v) is 4.33. The van der Waals surface area contributed by atoms with Gasteiger partial charge in [-0.3, -0.25) is 14.4 Å². The Morgan fingerprint density at radius 3 is 2.38 bits per heavy atom. The molecule has 6 nitrogen and oxygen atoms in total. The topological polar surface area (TPSA) is 86.7 Å². The number of carbonyl (C=O) groups is 3. The van der Waals surface area contributed by atoms with Crippen molar-refractivity contribution in [3.63, 3.8) is 0 Å². The Bertz CT molecular complexity index is 639. The molecule has 2 N–H and O–H groups in total. The van der Waals surface area contributed by atoms with Crippen molar-refractivity contribution in [1.29, 1.82) is 0 Å². The number of benzene rings is 1. The van der Waals surface area contributed by atoms with Crippen molar-refractivity contribution in [2.24, 2.45) is 0 Å². The summed E-state index contributed by atoms with van der Waals surface area (Å²) in [7, 11) is 0. The maximum Gasteiger partial charge on any atom is 0.303 e. The van der Waals surface area contributed by atoms with Crippen molar-refractivity contribution in [3.8, 4) is 0 Å². The number of halogens is 1. The third kappa shape index (κ3) is 4.10. The number of hydrogen-bond acceptors (Lipinski definition) is 3. The van der Waals surface area contributed by atoms with Crippen LogP contribution in [-0.2, 0) is 19.9 Å². The average Bonchev–Trinajstić information content (AvgIpc) is 2.53. The molecule has 0 aliphatic carbocycles. The number of nitrogens with one attached hydrogen (secondary N) is 1. The van der Waals surface area contributed by atoms with Gasteiger partial charge in [0.25, 0.3) is 0 Å². The molecular formula is C17H21FN2O4. The van der Waals surface area contributed by atoms with Crippen LogP contribution in [0.1, 0.15) is 38.2 Å². The number of nitrogens with zero attached hydrogens (tertiary/aromatic N) is 1. The van der Waals surface area contributed by atoms with Gasteiger partial charge in [0.1, 0.15) is 5.82 Å². The van der Waals surface area contributed by atoms with Gasteiger partial charge in [-0.1, -0.05) is 18.2 Å². The lowest BCUT2D eigenvalue weighted by Crippen LogP contribution is -2.54. The van der Waals surface area contributed by atoms with Crippen LogP contribution in [0.3, 0.4) is 0 Å². The zero-order valence-electron chi connectivity index (χ0n) is 13.5. The van der Waals surface area contributed by atoms with Gasteiger partial charge in [0.2, 0.25) is 11.8 Å². The number of aliphatic carboxylic acids is 1. The number of rotatable bonds is 5. The minimum absolute atomic E-state index is 0.0534. The van der Waals surface area contributed by atoms with Gasteiger partial charge in [0, 0.05) is 32.0 Å². The lowest BCUT2D eigenvalue weighted by molar-refractivity contribution is -0.141. The van der Waals surface area contributed by atoms with E-state index < -0.39 is 17.3 Å². The predicted molar refractivity (Wildman–Crippen MR) is 84.6 cm³/mol. The van der Waals surface area contributed by atoms with Crippen molar-refractivity contribution in [3.05, 3.63) is 35.6 Å². The summed E-state index contributed by atoms with van der Waals surface area (Å²) in [4.78, 5) is 35.8. The molecule has 130 valence electrons. The second kappa shape index (κ2) is 7.42. The van der Waals surface area contributed by atoms with Gasteiger partial charge in [-0.05, 0) is 18.9 Å². The Hall–Kier alpha value is -2.44. The smallest absolute Gasteiger partial charge is 0.303 e. The van der Waals surface area contributed by atoms with E-state index in [9.17, 15) is 18.8 Å². The maximum absolute atomic E-state index is 14.2. The zero-order chi connectivity index (χ0) is 17.7. The molecule has 0 spiro atoms. The monoisotopic (exact) mass is 336 g/mol. The number of carboxylic acid groups (broad SMARTS) is 1. The summed E-state index contributed by atoms with van der Waals surface area (Å²) in [5.74, 6) is -1.90. The van der Waals surface area contributed by atoms with E-state index in [4.69, 9.17) is 5.11 Å². The number of carbonyl (C=O) groups excluding carboxylic acids is 2. The zero-order valence-corrected chi connectivity index (χ0v) is 13.5. The van der Waals surface area contributed by atoms with Crippen molar-refractivity contribution < 1.29 is 23.9 Å². The van der Waals surface area contributed by atoms with Crippen molar-refractivity contribution >= 4 is 17.8 Å². The molecule has 0 atom stereocenters. The summed E-state index contributed by atoms with van der Waals surface area (Å²) in [5.41, 5.74) is -0.432. The van der Waals surface area contributed by atoms with E-state index in [1.807, 2.05) is 0 Å². The molecule has 0 saturated carbocycles. The molecule has 0 radical (unpaired) electrons. The molecule has 1 aromatic rings. The summed E-state index contributed by atoms with van der Waals surface area (Å²) in [6.07, 6.45) is 0.500. The van der Waals surface area contributed by atoms with Crippen molar-refractivity contribution in [2.45, 2.75) is 38.1 Å². The van der Waals surface area contributed by atoms with E-state index in [1.165, 1.54) is 13.0 Å². The maximum atomic E-state index is 14.2. The molecule has 1 heterocycles. The van der Waals surface area contributed by atoms with Gasteiger partial charge in [0.15, 0.2) is 0 Å². The Morgan fingerprint density at radius 2 is 1.83 bits per heavy atom. The van der Waals surface area contributed by atoms with Gasteiger partial charge in [-0.15, -0.1) is 0 Å². The molecular weight excluding hydrogens is 315 g/mol. The Morgan fingerprint density at radius 1 is 1.21 bits per heavy atom. The fourth-order valence-electron chi connectivity index (χ4n) is 3.16. The van der Waals surface area contributed by atoms with E-state index >= 15 is 0 Å². The van der Waals surface area contributed by atoms with Crippen LogP contribution in [0.15, 0.2) is 24.3 Å². The van der Waals surface area contributed by atoms with Gasteiger partial charge in [-0.25, -0.2) is 4.39 Å². The van der Waals surface area contributed by atoms with Gasteiger partial charge in [0.05, 0.1) is 12.0 Å². The fraction of sp³-hybridized carbons (Fsp3) is 0.471. The number of hydrogen-bond donors (Lipinski definition) is 2. The van der Waals surface area contributed by atoms with E-state index in [0.717, 1.165) is 0 Å². The third-order valence-electron chi connectivity index (χ3n) is 4.33. The van der Waals surface area contributed by atoms with Crippen LogP contribution in [0, 0.1) is 5.82 Å². The first-order valence-electron chi connectivity index (χ1n) is 7.87. The fourth-order valence-corrected chi connectivity index (χ4v) is 3.16. The average molecular weight is 336 g/mol. The Balaban J connectivity index is 2.13. The quantitative estimate of drug-likeness (QED) is 0.856. The van der Waals surface area contributed by atoms with Gasteiger partial charge >= 0.3 is 5.97 Å². The molecule has 1 aromatic carbocycles. The predicted octanol–water partition coefficient (Wildman–Crippen LogP) is 1.64. The second-order valence-corrected chi connectivity index (χ2v) is 6.02. The standard InChI is InChI=1S/C17H21FN2O4/c1-12(21)19-17(13-4-2-3-5-14(13)18)8-10-20(11-9-17)15(22)6-7-16(23)24/h2-5H,6-11H2,1H3,(H,19,21)(H,23,24). The first kappa shape index (κ1) is 17.9. The Labute approximate surface area is 139 Å². The van der Waals surface area contributed by atoms with Crippen LogP contribution in [-0.4, -0.2) is 40.9 Å². The summed E-state index contributed by atoms with van der Waals surface area (Å²) in [6, 6.07) is 6.30. The van der Waals surface area contributed by atoms with Crippen molar-refractivity contribution in [1.82, 2.24) is 10.2 Å². The van der Waals surface area contributed by atoms with E-state index in [-0.39, 0.29) is 24.7 Å². The first-order chi connectivity index (χ1) is 11.3. The van der Waals surface area contributed by atoms with E-state index in [1.54, 1.807) is 23.1 Å². The highest BCUT2D eigenvalue weighted by atomic mass is 19.1. The molecule has 0 bridgehead atoms. The molecule has 0 unspecified atom stereocenters. The van der Waals surface area contributed by atoms with Crippen LogP contribution in [0.25, 0.3) is 0 Å². The molecule has 0 aromatic heterocycles. The van der Waals surface area contributed by atoms with Crippen LogP contribution >= 0.6 is 0 Å². The Kier molecular flexibility index (Phi) is 5.54. The molecule has 2 rings (SSSR count). The van der Waals surface area contributed by atoms with Crippen LogP contribution in [0.2, 0.25) is 0 Å². The minimum atomic E-state index is -1.01. The highest BCUT2D eigenvalue weighted by Gasteiger charge is 2.39. The summed E-state index contributed by atoms with van der Waals surface area (Å²) >= 11 is 0. The molecule has 1 saturated heterocycles. The second-order valence-electron chi connectivity index (χ2n) is 6.02. The van der Waals surface area contributed by atoms with Crippen LogP contribution < -0.4 is 5.32 Å². The summed E-state index contributed by atoms with van der Waals surface area (Å²) in [6.45, 7) is 2.06. The minimum Gasteiger partial charge on any atom is -0.481 e. The number of piperidine rings is 1. The normalized spacial score (nSPS) is 16.5. The molecule has 1 aliphatic rings. The summed E-state index contributed by atoms with van der Waals surface area (Å²) < 4.78 is 14.2. The van der Waals surface area contributed by atoms with E-state index in [0.29, 0.717) is 31.5 Å². The largest absolute Gasteiger partial charge is 0.481 e. The lowest BCUT2D eigenvalue weighted by Gasteiger charge is -2.42. The highest BCUT2D eigenvalue weighted by molar-refractivity contribution is 5.81. The number of amides is 2. The number of carboxylic acids is 1. The van der Waals surface area contributed by atoms with Crippen LogP contribution in [0.5, 0.6) is 0 Å². The highest BCUT2D eigenvalue weighted by Crippen LogP contribution is 2.34. The van der Waals surface area contributed by atoms with Gasteiger partial charge in [-0.2, -0.15) is 0 Å². The lowest BCUT2D eigenvalue weighted by atomic mass is 9.80. The summed E-state index contributed by atoms with van der Waals surface area (Å²) in [5, 5.41) is 11.5. The van der Waals surface area contributed by atoms with Crippen molar-refractivity contribution in [2.75, 3.05) is 13.1 Å².